The standard InChI is InChI=1S/C21H24ClNO4/c1-4-15-7-6-8-16(5-2)21(15)23-19(24)12-27-20(25)13-26-17-9-10-18(22)14(3)11-17/h6-11H,4-5,12-13H2,1-3H3,(H,23,24). The van der Waals surface area contributed by atoms with Crippen LogP contribution >= 0.6 is 11.6 Å². The molecule has 2 rings (SSSR count). The fourth-order valence-corrected chi connectivity index (χ4v) is 2.73. The Morgan fingerprint density at radius 3 is 2.30 bits per heavy atom. The van der Waals surface area contributed by atoms with Crippen LogP contribution in [0.2, 0.25) is 5.02 Å². The molecule has 0 unspecified atom stereocenters. The van der Waals surface area contributed by atoms with Crippen LogP contribution in [-0.2, 0) is 27.2 Å². The highest BCUT2D eigenvalue weighted by Crippen LogP contribution is 2.23. The van der Waals surface area contributed by atoms with Gasteiger partial charge in [-0.2, -0.15) is 0 Å². The Hall–Kier alpha value is -2.53. The Morgan fingerprint density at radius 2 is 1.70 bits per heavy atom. The molecule has 0 saturated heterocycles. The highest BCUT2D eigenvalue weighted by atomic mass is 35.5. The van der Waals surface area contributed by atoms with Crippen molar-refractivity contribution in [3.05, 3.63) is 58.1 Å². The summed E-state index contributed by atoms with van der Waals surface area (Å²) in [5.74, 6) is -0.471. The molecule has 2 aromatic rings. The van der Waals surface area contributed by atoms with Gasteiger partial charge in [0.2, 0.25) is 0 Å². The zero-order valence-corrected chi connectivity index (χ0v) is 16.6. The molecule has 0 heterocycles. The molecule has 1 N–H and O–H groups in total. The normalized spacial score (nSPS) is 10.4. The minimum Gasteiger partial charge on any atom is -0.482 e. The molecule has 0 bridgehead atoms. The first kappa shape index (κ1) is 20.8. The van der Waals surface area contributed by atoms with Gasteiger partial charge in [-0.1, -0.05) is 43.6 Å². The van der Waals surface area contributed by atoms with Crippen LogP contribution in [0.3, 0.4) is 0 Å². The van der Waals surface area contributed by atoms with E-state index in [0.717, 1.165) is 35.2 Å². The fraction of sp³-hybridized carbons (Fsp3) is 0.333. The third kappa shape index (κ3) is 6.00. The van der Waals surface area contributed by atoms with Crippen LogP contribution in [0.4, 0.5) is 5.69 Å². The van der Waals surface area contributed by atoms with E-state index in [1.807, 2.05) is 39.0 Å². The lowest BCUT2D eigenvalue weighted by Crippen LogP contribution is -2.24. The molecule has 0 aromatic heterocycles. The molecule has 0 spiro atoms. The van der Waals surface area contributed by atoms with Gasteiger partial charge in [0.25, 0.3) is 5.91 Å². The highest BCUT2D eigenvalue weighted by molar-refractivity contribution is 6.31. The van der Waals surface area contributed by atoms with Crippen LogP contribution in [0, 0.1) is 6.92 Å². The van der Waals surface area contributed by atoms with Gasteiger partial charge in [0.15, 0.2) is 13.2 Å². The number of anilines is 1. The molecule has 144 valence electrons. The number of nitrogens with one attached hydrogen (secondary N) is 1. The number of carbonyl (C=O) groups is 2. The molecule has 0 saturated carbocycles. The maximum absolute atomic E-state index is 12.2. The Morgan fingerprint density at radius 1 is 1.04 bits per heavy atom. The van der Waals surface area contributed by atoms with Crippen LogP contribution in [0.15, 0.2) is 36.4 Å². The number of benzene rings is 2. The van der Waals surface area contributed by atoms with Gasteiger partial charge >= 0.3 is 5.97 Å². The Bertz CT molecular complexity index is 798. The van der Waals surface area contributed by atoms with Gasteiger partial charge in [0.05, 0.1) is 0 Å². The molecule has 0 aliphatic rings. The van der Waals surface area contributed by atoms with Crippen molar-refractivity contribution in [1.82, 2.24) is 0 Å². The maximum atomic E-state index is 12.2. The Kier molecular flexibility index (Phi) is 7.67. The summed E-state index contributed by atoms with van der Waals surface area (Å²) in [7, 11) is 0. The van der Waals surface area contributed by atoms with E-state index in [4.69, 9.17) is 21.1 Å². The van der Waals surface area contributed by atoms with Crippen molar-refractivity contribution in [2.45, 2.75) is 33.6 Å². The van der Waals surface area contributed by atoms with Gasteiger partial charge in [0, 0.05) is 10.7 Å². The zero-order valence-electron chi connectivity index (χ0n) is 15.8. The number of para-hydroxylation sites is 1. The summed E-state index contributed by atoms with van der Waals surface area (Å²) in [6.07, 6.45) is 1.61. The van der Waals surface area contributed by atoms with E-state index in [2.05, 4.69) is 5.32 Å². The summed E-state index contributed by atoms with van der Waals surface area (Å²) >= 11 is 5.95. The average molecular weight is 390 g/mol. The molecule has 6 heteroatoms. The lowest BCUT2D eigenvalue weighted by molar-refractivity contribution is -0.149. The largest absolute Gasteiger partial charge is 0.482 e. The van der Waals surface area contributed by atoms with Crippen LogP contribution in [0.25, 0.3) is 0 Å². The van der Waals surface area contributed by atoms with Crippen LogP contribution in [-0.4, -0.2) is 25.1 Å². The maximum Gasteiger partial charge on any atom is 0.344 e. The minimum atomic E-state index is -0.614. The molecule has 1 amide bonds. The second-order valence-corrected chi connectivity index (χ2v) is 6.47. The second kappa shape index (κ2) is 9.97. The number of hydrogen-bond acceptors (Lipinski definition) is 4. The quantitative estimate of drug-likeness (QED) is 0.682. The monoisotopic (exact) mass is 389 g/mol. The van der Waals surface area contributed by atoms with E-state index in [0.29, 0.717) is 10.8 Å². The topological polar surface area (TPSA) is 64.6 Å². The van der Waals surface area contributed by atoms with Crippen molar-refractivity contribution in [3.8, 4) is 5.75 Å². The van der Waals surface area contributed by atoms with E-state index in [9.17, 15) is 9.59 Å². The van der Waals surface area contributed by atoms with E-state index in [1.165, 1.54) is 0 Å². The van der Waals surface area contributed by atoms with Gasteiger partial charge in [-0.3, -0.25) is 4.79 Å². The van der Waals surface area contributed by atoms with Crippen molar-refractivity contribution in [1.29, 1.82) is 0 Å². The number of hydrogen-bond donors (Lipinski definition) is 1. The number of halogens is 1. The van der Waals surface area contributed by atoms with Crippen molar-refractivity contribution in [2.75, 3.05) is 18.5 Å². The third-order valence-corrected chi connectivity index (χ3v) is 4.54. The van der Waals surface area contributed by atoms with Gasteiger partial charge in [-0.25, -0.2) is 4.79 Å². The van der Waals surface area contributed by atoms with Crippen LogP contribution in [0.5, 0.6) is 5.75 Å². The summed E-state index contributed by atoms with van der Waals surface area (Å²) in [6.45, 7) is 5.26. The first-order valence-electron chi connectivity index (χ1n) is 8.89. The molecule has 0 aliphatic carbocycles. The van der Waals surface area contributed by atoms with E-state index in [1.54, 1.807) is 18.2 Å². The lowest BCUT2D eigenvalue weighted by Gasteiger charge is -2.14. The smallest absolute Gasteiger partial charge is 0.344 e. The molecular weight excluding hydrogens is 366 g/mol. The summed E-state index contributed by atoms with van der Waals surface area (Å²) in [5.41, 5.74) is 3.76. The molecule has 5 nitrogen and oxygen atoms in total. The van der Waals surface area contributed by atoms with E-state index < -0.39 is 5.97 Å². The lowest BCUT2D eigenvalue weighted by atomic mass is 10.0. The molecular formula is C21H24ClNO4. The Labute approximate surface area is 164 Å². The summed E-state index contributed by atoms with van der Waals surface area (Å²) < 4.78 is 10.4. The molecule has 0 fully saturated rings. The Balaban J connectivity index is 1.85. The SMILES string of the molecule is CCc1cccc(CC)c1NC(=O)COC(=O)COc1ccc(Cl)c(C)c1. The summed E-state index contributed by atoms with van der Waals surface area (Å²) in [5, 5.41) is 3.48. The molecule has 2 aromatic carbocycles. The number of esters is 1. The van der Waals surface area contributed by atoms with Gasteiger partial charge in [-0.15, -0.1) is 0 Å². The van der Waals surface area contributed by atoms with Crippen molar-refractivity contribution < 1.29 is 19.1 Å². The van der Waals surface area contributed by atoms with Crippen LogP contribution in [0.1, 0.15) is 30.5 Å². The number of aryl methyl sites for hydroxylation is 3. The first-order chi connectivity index (χ1) is 12.9. The first-order valence-corrected chi connectivity index (χ1v) is 9.27. The molecule has 0 aliphatic heterocycles. The molecule has 0 atom stereocenters. The minimum absolute atomic E-state index is 0.278. The fourth-order valence-electron chi connectivity index (χ4n) is 2.62. The predicted octanol–water partition coefficient (Wildman–Crippen LogP) is 4.33. The highest BCUT2D eigenvalue weighted by Gasteiger charge is 2.13. The molecule has 0 radical (unpaired) electrons. The van der Waals surface area contributed by atoms with Gasteiger partial charge in [-0.05, 0) is 54.7 Å². The van der Waals surface area contributed by atoms with Gasteiger partial charge in [0.1, 0.15) is 5.75 Å². The number of amides is 1. The van der Waals surface area contributed by atoms with E-state index >= 15 is 0 Å². The number of ether oxygens (including phenoxy) is 2. The van der Waals surface area contributed by atoms with Gasteiger partial charge < -0.3 is 14.8 Å². The van der Waals surface area contributed by atoms with Crippen molar-refractivity contribution >= 4 is 29.2 Å². The number of carbonyl (C=O) groups excluding carboxylic acids is 2. The van der Waals surface area contributed by atoms with Crippen molar-refractivity contribution in [2.24, 2.45) is 0 Å². The van der Waals surface area contributed by atoms with Crippen molar-refractivity contribution in [3.63, 3.8) is 0 Å². The zero-order chi connectivity index (χ0) is 19.8. The van der Waals surface area contributed by atoms with E-state index in [-0.39, 0.29) is 19.1 Å². The third-order valence-electron chi connectivity index (χ3n) is 4.11. The summed E-state index contributed by atoms with van der Waals surface area (Å²) in [6, 6.07) is 11.0. The predicted molar refractivity (Wildman–Crippen MR) is 106 cm³/mol. The summed E-state index contributed by atoms with van der Waals surface area (Å²) in [4.78, 5) is 24.0. The van der Waals surface area contributed by atoms with Crippen LogP contribution < -0.4 is 10.1 Å². The average Bonchev–Trinajstić information content (AvgIpc) is 2.67. The number of rotatable bonds is 8. The second-order valence-electron chi connectivity index (χ2n) is 6.07. The molecule has 27 heavy (non-hydrogen) atoms.